The second-order valence-corrected chi connectivity index (χ2v) is 5.91. The van der Waals surface area contributed by atoms with Gasteiger partial charge in [-0.05, 0) is 24.8 Å². The number of carbonyl (C=O) groups excluding carboxylic acids is 1. The predicted molar refractivity (Wildman–Crippen MR) is 81.2 cm³/mol. The normalized spacial score (nSPS) is 14.5. The number of hydrogen-bond donors (Lipinski definition) is 1. The fourth-order valence-electron chi connectivity index (χ4n) is 2.33. The lowest BCUT2D eigenvalue weighted by Crippen LogP contribution is -2.37. The zero-order valence-electron chi connectivity index (χ0n) is 12.4. The average molecular weight is 291 g/mol. The first-order chi connectivity index (χ1) is 9.95. The van der Waals surface area contributed by atoms with E-state index in [1.54, 1.807) is 12.1 Å². The number of rotatable bonds is 7. The van der Waals surface area contributed by atoms with Gasteiger partial charge >= 0.3 is 0 Å². The molecule has 1 aliphatic rings. The van der Waals surface area contributed by atoms with Crippen molar-refractivity contribution in [3.05, 3.63) is 34.4 Å². The van der Waals surface area contributed by atoms with Gasteiger partial charge in [-0.25, -0.2) is 0 Å². The molecule has 1 aromatic carbocycles. The molecule has 1 aromatic rings. The number of nitrogens with zero attached hydrogens (tertiary/aromatic N) is 2. The van der Waals surface area contributed by atoms with E-state index in [2.05, 4.69) is 24.1 Å². The Balaban J connectivity index is 1.94. The van der Waals surface area contributed by atoms with Crippen LogP contribution in [0.25, 0.3) is 0 Å². The monoisotopic (exact) mass is 291 g/mol. The number of nitro groups is 1. The van der Waals surface area contributed by atoms with Crippen LogP contribution in [-0.2, 0) is 4.79 Å². The fraction of sp³-hybridized carbons (Fsp3) is 0.533. The van der Waals surface area contributed by atoms with E-state index in [9.17, 15) is 14.9 Å². The van der Waals surface area contributed by atoms with Crippen LogP contribution in [0.5, 0.6) is 0 Å². The van der Waals surface area contributed by atoms with E-state index in [-0.39, 0.29) is 11.6 Å². The molecule has 1 amide bonds. The molecule has 1 N–H and O–H groups in total. The molecule has 0 aliphatic heterocycles. The molecule has 6 nitrogen and oxygen atoms in total. The Morgan fingerprint density at radius 3 is 2.76 bits per heavy atom. The van der Waals surface area contributed by atoms with Gasteiger partial charge in [-0.3, -0.25) is 19.8 Å². The van der Waals surface area contributed by atoms with E-state index in [1.807, 2.05) is 0 Å². The van der Waals surface area contributed by atoms with Crippen molar-refractivity contribution >= 4 is 17.3 Å². The quantitative estimate of drug-likeness (QED) is 0.619. The van der Waals surface area contributed by atoms with Crippen molar-refractivity contribution in [1.29, 1.82) is 0 Å². The van der Waals surface area contributed by atoms with Crippen LogP contribution < -0.4 is 5.32 Å². The number of nitrogens with one attached hydrogen (secondary N) is 1. The highest BCUT2D eigenvalue weighted by Crippen LogP contribution is 2.27. The van der Waals surface area contributed by atoms with Crippen LogP contribution in [0.4, 0.5) is 11.4 Å². The van der Waals surface area contributed by atoms with E-state index in [0.717, 1.165) is 19.4 Å². The molecule has 0 aromatic heterocycles. The SMILES string of the molecule is CC(C)CN(CC(=O)Nc1cccc([N+](=O)[O-])c1)C1CC1. The van der Waals surface area contributed by atoms with Crippen molar-refractivity contribution in [3.8, 4) is 0 Å². The Hall–Kier alpha value is -1.95. The number of anilines is 1. The third-order valence-corrected chi connectivity index (χ3v) is 3.35. The third-order valence-electron chi connectivity index (χ3n) is 3.35. The molecule has 0 atom stereocenters. The Morgan fingerprint density at radius 2 is 2.19 bits per heavy atom. The Bertz CT molecular complexity index is 527. The summed E-state index contributed by atoms with van der Waals surface area (Å²) in [6.45, 7) is 5.50. The highest BCUT2D eigenvalue weighted by Gasteiger charge is 2.30. The zero-order valence-corrected chi connectivity index (χ0v) is 12.4. The summed E-state index contributed by atoms with van der Waals surface area (Å²) in [5.41, 5.74) is 0.448. The van der Waals surface area contributed by atoms with Gasteiger partial charge in [-0.15, -0.1) is 0 Å². The van der Waals surface area contributed by atoms with Crippen LogP contribution in [0.1, 0.15) is 26.7 Å². The van der Waals surface area contributed by atoms with E-state index < -0.39 is 4.92 Å². The van der Waals surface area contributed by atoms with Gasteiger partial charge in [0.1, 0.15) is 0 Å². The lowest BCUT2D eigenvalue weighted by atomic mass is 10.2. The molecule has 0 spiro atoms. The van der Waals surface area contributed by atoms with Gasteiger partial charge in [0.05, 0.1) is 11.5 Å². The largest absolute Gasteiger partial charge is 0.325 e. The molecule has 114 valence electrons. The topological polar surface area (TPSA) is 75.5 Å². The lowest BCUT2D eigenvalue weighted by Gasteiger charge is -2.23. The number of benzene rings is 1. The number of nitro benzene ring substituents is 1. The minimum atomic E-state index is -0.467. The van der Waals surface area contributed by atoms with Crippen LogP contribution in [0.15, 0.2) is 24.3 Å². The maximum Gasteiger partial charge on any atom is 0.271 e. The van der Waals surface area contributed by atoms with E-state index in [0.29, 0.717) is 24.2 Å². The van der Waals surface area contributed by atoms with Crippen molar-refractivity contribution in [1.82, 2.24) is 4.90 Å². The first-order valence-electron chi connectivity index (χ1n) is 7.24. The Morgan fingerprint density at radius 1 is 1.48 bits per heavy atom. The summed E-state index contributed by atoms with van der Waals surface area (Å²) in [5, 5.41) is 13.5. The van der Waals surface area contributed by atoms with Crippen LogP contribution in [0.3, 0.4) is 0 Å². The van der Waals surface area contributed by atoms with Gasteiger partial charge in [-0.2, -0.15) is 0 Å². The van der Waals surface area contributed by atoms with Gasteiger partial charge in [-0.1, -0.05) is 19.9 Å². The van der Waals surface area contributed by atoms with Crippen LogP contribution in [0.2, 0.25) is 0 Å². The average Bonchev–Trinajstić information content (AvgIpc) is 3.21. The molecule has 0 saturated heterocycles. The van der Waals surface area contributed by atoms with Crippen LogP contribution in [0, 0.1) is 16.0 Å². The summed E-state index contributed by atoms with van der Waals surface area (Å²) in [4.78, 5) is 24.5. The number of amides is 1. The molecule has 21 heavy (non-hydrogen) atoms. The summed E-state index contributed by atoms with van der Waals surface area (Å²) in [6, 6.07) is 6.53. The Kier molecular flexibility index (Phi) is 4.90. The van der Waals surface area contributed by atoms with Gasteiger partial charge in [0.2, 0.25) is 5.91 Å². The summed E-state index contributed by atoms with van der Waals surface area (Å²) in [7, 11) is 0. The number of non-ortho nitro benzene ring substituents is 1. The summed E-state index contributed by atoms with van der Waals surface area (Å²) < 4.78 is 0. The second kappa shape index (κ2) is 6.67. The first kappa shape index (κ1) is 15.4. The van der Waals surface area contributed by atoms with Crippen molar-refractivity contribution in [2.75, 3.05) is 18.4 Å². The molecule has 0 bridgehead atoms. The second-order valence-electron chi connectivity index (χ2n) is 5.91. The smallest absolute Gasteiger partial charge is 0.271 e. The number of hydrogen-bond acceptors (Lipinski definition) is 4. The molecule has 2 rings (SSSR count). The van der Waals surface area contributed by atoms with Crippen molar-refractivity contribution < 1.29 is 9.72 Å². The zero-order chi connectivity index (χ0) is 15.4. The van der Waals surface area contributed by atoms with Gasteiger partial charge in [0, 0.05) is 30.4 Å². The third kappa shape index (κ3) is 4.82. The molecule has 0 radical (unpaired) electrons. The van der Waals surface area contributed by atoms with Gasteiger partial charge < -0.3 is 5.32 Å². The predicted octanol–water partition coefficient (Wildman–Crippen LogP) is 2.65. The Labute approximate surface area is 124 Å². The maximum absolute atomic E-state index is 12.1. The molecule has 0 heterocycles. The number of carbonyl (C=O) groups is 1. The molecule has 1 fully saturated rings. The molecule has 0 unspecified atom stereocenters. The maximum atomic E-state index is 12.1. The van der Waals surface area contributed by atoms with E-state index >= 15 is 0 Å². The highest BCUT2D eigenvalue weighted by molar-refractivity contribution is 5.92. The van der Waals surface area contributed by atoms with Crippen molar-refractivity contribution in [2.45, 2.75) is 32.7 Å². The standard InChI is InChI=1S/C15H21N3O3/c1-11(2)9-17(13-6-7-13)10-15(19)16-12-4-3-5-14(8-12)18(20)21/h3-5,8,11,13H,6-7,9-10H2,1-2H3,(H,16,19). The summed E-state index contributed by atoms with van der Waals surface area (Å²) in [5.74, 6) is 0.388. The minimum absolute atomic E-state index is 0.0194. The summed E-state index contributed by atoms with van der Waals surface area (Å²) in [6.07, 6.45) is 2.30. The fourth-order valence-corrected chi connectivity index (χ4v) is 2.33. The molecule has 1 aliphatic carbocycles. The molecule has 1 saturated carbocycles. The van der Waals surface area contributed by atoms with E-state index in [4.69, 9.17) is 0 Å². The van der Waals surface area contributed by atoms with Gasteiger partial charge in [0.25, 0.3) is 5.69 Å². The minimum Gasteiger partial charge on any atom is -0.325 e. The van der Waals surface area contributed by atoms with E-state index in [1.165, 1.54) is 12.1 Å². The molecular formula is C15H21N3O3. The van der Waals surface area contributed by atoms with Crippen molar-refractivity contribution in [3.63, 3.8) is 0 Å². The highest BCUT2D eigenvalue weighted by atomic mass is 16.6. The molecule has 6 heteroatoms. The summed E-state index contributed by atoms with van der Waals surface area (Å²) >= 11 is 0. The lowest BCUT2D eigenvalue weighted by molar-refractivity contribution is -0.384. The van der Waals surface area contributed by atoms with Crippen molar-refractivity contribution in [2.24, 2.45) is 5.92 Å². The molecular weight excluding hydrogens is 270 g/mol. The van der Waals surface area contributed by atoms with Crippen LogP contribution in [-0.4, -0.2) is 34.9 Å². The van der Waals surface area contributed by atoms with Crippen LogP contribution >= 0.6 is 0 Å². The van der Waals surface area contributed by atoms with Gasteiger partial charge in [0.15, 0.2) is 0 Å². The first-order valence-corrected chi connectivity index (χ1v) is 7.24.